The topological polar surface area (TPSA) is 450 Å². The van der Waals surface area contributed by atoms with E-state index in [1.165, 1.54) is 52.4 Å². The molecule has 23 nitrogen and oxygen atoms in total. The summed E-state index contributed by atoms with van der Waals surface area (Å²) in [6.45, 7) is 27.1. The van der Waals surface area contributed by atoms with Gasteiger partial charge in [-0.1, -0.05) is 81.1 Å². The Labute approximate surface area is 472 Å². The van der Waals surface area contributed by atoms with E-state index < -0.39 is 91.0 Å². The molecule has 2 rings (SSSR count). The molecule has 0 heterocycles. The first-order valence-corrected chi connectivity index (χ1v) is 32.1. The van der Waals surface area contributed by atoms with Gasteiger partial charge in [-0.15, -0.1) is 0 Å². The summed E-state index contributed by atoms with van der Waals surface area (Å²) < 4.78 is 68.9. The molecule has 10 atom stereocenters. The second kappa shape index (κ2) is 35.7. The molecule has 0 aromatic heterocycles. The van der Waals surface area contributed by atoms with Crippen molar-refractivity contribution in [2.24, 2.45) is 91.7 Å². The van der Waals surface area contributed by atoms with Crippen LogP contribution in [0.4, 0.5) is 0 Å². The average molecular weight is 1350 g/mol. The minimum Gasteiger partial charge on any atom is -0.391 e. The molecular weight excluding hydrogens is 1250 g/mol. The molecule has 2 saturated carbocycles. The van der Waals surface area contributed by atoms with Gasteiger partial charge in [0.2, 0.25) is 0 Å². The Kier molecular flexibility index (Phi) is 37.4. The fraction of sp³-hybridized carbons (Fsp3) is 0.769. The molecule has 2 aliphatic rings. The number of rotatable bonds is 24. The van der Waals surface area contributed by atoms with E-state index >= 15 is 0 Å². The monoisotopic (exact) mass is 1350 g/mol. The van der Waals surface area contributed by atoms with Crippen LogP contribution in [0.3, 0.4) is 0 Å². The van der Waals surface area contributed by atoms with Crippen LogP contribution in [0.2, 0.25) is 0 Å². The zero-order chi connectivity index (χ0) is 61.9. The standard InChI is InChI=1S/C25H48.2C11H12O6.C5H12O3.2IO4.5H2/c1-9-16(5)23-13-18(7)22-15-25(20(23)11-3)21(12-4)24(14-19(22)8)17(6)10-2;2*1-9(3-12,4-13)11(7-16,8-17)10(2,5-14)6-15;1-3(6)5(8)4(2)7;2*2-1(3,4)5;;;;;/h16-25H,9-15H2,1-8H3;2*3-8H,1-2H3;3-8H,1-2H3;;;5*1H/q;;;;2*-1;;;;;/i;;;;;;5*1+1. The molecule has 0 radical (unpaired) electrons. The number of aliphatic hydroxyl groups is 3. The van der Waals surface area contributed by atoms with E-state index in [2.05, 4.69) is 55.4 Å². The molecule has 0 aliphatic heterocycles. The number of carbonyl (C=O) groups excluding carboxylic acids is 12. The summed E-state index contributed by atoms with van der Waals surface area (Å²) in [5.41, 5.74) is -13.0. The molecule has 0 saturated heterocycles. The number of aliphatic hydroxyl groups excluding tert-OH is 3. The van der Waals surface area contributed by atoms with Gasteiger partial charge in [-0.25, -0.2) is 0 Å². The number of aldehydes is 12. The number of halogens is 2. The minimum absolute atomic E-state index is 0. The third-order valence-electron chi connectivity index (χ3n) is 16.4. The van der Waals surface area contributed by atoms with Crippen molar-refractivity contribution in [2.75, 3.05) is 0 Å². The van der Waals surface area contributed by atoms with Crippen LogP contribution < -0.4 is 67.7 Å². The first-order valence-electron chi connectivity index (χ1n) is 25.0. The van der Waals surface area contributed by atoms with Gasteiger partial charge < -0.3 is 72.9 Å². The maximum atomic E-state index is 11.1. The number of fused-ring (bicyclic) bond motifs is 2. The van der Waals surface area contributed by atoms with Gasteiger partial charge in [0.25, 0.3) is 0 Å². The van der Waals surface area contributed by atoms with Gasteiger partial charge in [0.1, 0.15) is 133 Å². The van der Waals surface area contributed by atoms with E-state index in [4.69, 9.17) is 42.8 Å². The maximum absolute atomic E-state index is 11.1. The Morgan fingerprint density at radius 2 is 0.636 bits per heavy atom. The second-order valence-electron chi connectivity index (χ2n) is 21.2. The van der Waals surface area contributed by atoms with Crippen molar-refractivity contribution >= 4 is 75.4 Å². The molecule has 0 aromatic rings. The van der Waals surface area contributed by atoms with Crippen LogP contribution in [0, 0.1) is 91.7 Å². The number of hydrogen-bond acceptors (Lipinski definition) is 23. The molecule has 2 bridgehead atoms. The first-order chi connectivity index (χ1) is 35.2. The van der Waals surface area contributed by atoms with Crippen LogP contribution in [-0.2, 0) is 57.5 Å². The lowest BCUT2D eigenvalue weighted by Gasteiger charge is -2.42. The molecule has 0 spiro atoms. The van der Waals surface area contributed by atoms with Gasteiger partial charge in [-0.05, 0) is 120 Å². The summed E-state index contributed by atoms with van der Waals surface area (Å²) in [5, 5.41) is 25.9. The lowest BCUT2D eigenvalue weighted by molar-refractivity contribution is -2.00. The molecule has 3 N–H and O–H groups in total. The molecule has 0 amide bonds. The van der Waals surface area contributed by atoms with Crippen LogP contribution in [0.15, 0.2) is 0 Å². The predicted octanol–water partition coefficient (Wildman–Crippen LogP) is -8.74. The highest BCUT2D eigenvalue weighted by Crippen LogP contribution is 2.56. The molecule has 2 aliphatic carbocycles. The zero-order valence-corrected chi connectivity index (χ0v) is 51.0. The summed E-state index contributed by atoms with van der Waals surface area (Å²) in [6.07, 6.45) is 7.97. The highest BCUT2D eigenvalue weighted by molar-refractivity contribution is 6.08. The Morgan fingerprint density at radius 1 is 0.429 bits per heavy atom. The molecule has 456 valence electrons. The van der Waals surface area contributed by atoms with Crippen LogP contribution >= 0.6 is 0 Å². The third-order valence-corrected chi connectivity index (χ3v) is 16.4. The van der Waals surface area contributed by atoms with E-state index in [1.54, 1.807) is 6.42 Å². The smallest absolute Gasteiger partial charge is 0.144 e. The summed E-state index contributed by atoms with van der Waals surface area (Å²) in [4.78, 5) is 132. The van der Waals surface area contributed by atoms with Crippen molar-refractivity contribution < 1.29 is 148 Å². The molecular formula is C52H94I2O23-2. The summed E-state index contributed by atoms with van der Waals surface area (Å²) >= 11 is -11.9. The Balaban J connectivity index is -0.000000120. The Morgan fingerprint density at radius 3 is 0.766 bits per heavy atom. The van der Waals surface area contributed by atoms with Crippen molar-refractivity contribution in [2.45, 2.75) is 160 Å². The average Bonchev–Trinajstić information content (AvgIpc) is 3.63. The molecule has 10 unspecified atom stereocenters. The van der Waals surface area contributed by atoms with E-state index in [0.29, 0.717) is 0 Å². The molecule has 2 fully saturated rings. The maximum Gasteiger partial charge on any atom is 0.144 e. The summed E-state index contributed by atoms with van der Waals surface area (Å²) in [7, 11) is 0. The molecule has 77 heavy (non-hydrogen) atoms. The van der Waals surface area contributed by atoms with Gasteiger partial charge in [0, 0.05) is 7.13 Å². The van der Waals surface area contributed by atoms with E-state index in [-0.39, 0.29) is 82.6 Å². The van der Waals surface area contributed by atoms with Gasteiger partial charge >= 0.3 is 0 Å². The number of hydrogen-bond donors (Lipinski definition) is 3. The highest BCUT2D eigenvalue weighted by atomic mass is 127. The van der Waals surface area contributed by atoms with Crippen LogP contribution in [0.25, 0.3) is 0 Å². The SMILES string of the molecule is CC(C=O)(C=O)C(C=O)(C=O)C(C)(C=O)C=O.CC(C=O)(C=O)C(C=O)(C=O)C(C)(C=O)C=O.CC(O)C(O)C(C)O.CCC(C)C1CC(C)C2CC(C1CC)C(CC)C(C(C)CC)CC2C.[2HH].[2HH].[2HH].[2HH].[2HH].[O-][I+3]([O-])([O-])[O-].[O-][I+3]([O-])([O-])[O-]. The quantitative estimate of drug-likeness (QED) is 0.0459. The highest BCUT2D eigenvalue weighted by Gasteiger charge is 2.62. The van der Waals surface area contributed by atoms with Gasteiger partial charge in [0.05, 0.1) is 33.9 Å². The third kappa shape index (κ3) is 22.1. The van der Waals surface area contributed by atoms with Gasteiger partial charge in [-0.2, -0.15) is 0 Å². The van der Waals surface area contributed by atoms with Crippen LogP contribution in [0.5, 0.6) is 0 Å². The predicted molar refractivity (Wildman–Crippen MR) is 263 cm³/mol. The number of carbonyl (C=O) groups is 12. The van der Waals surface area contributed by atoms with E-state index in [9.17, 15) is 57.5 Å². The minimum atomic E-state index is -5.94. The lowest BCUT2D eigenvalue weighted by atomic mass is 9.54. The van der Waals surface area contributed by atoms with Gasteiger partial charge in [0.15, 0.2) is 0 Å². The second-order valence-corrected chi connectivity index (χ2v) is 25.6. The lowest BCUT2D eigenvalue weighted by Crippen LogP contribution is -4.29. The van der Waals surface area contributed by atoms with Crippen molar-refractivity contribution in [3.05, 3.63) is 0 Å². The van der Waals surface area contributed by atoms with Gasteiger partial charge in [-0.3, -0.25) is 27.5 Å². The van der Waals surface area contributed by atoms with Crippen LogP contribution in [-0.4, -0.2) is 109 Å². The largest absolute Gasteiger partial charge is 0.391 e. The normalized spacial score (nSPS) is 23.8. The first kappa shape index (κ1) is 80.5. The van der Waals surface area contributed by atoms with Crippen molar-refractivity contribution in [3.63, 3.8) is 0 Å². The fourth-order valence-corrected chi connectivity index (χ4v) is 10.9. The Bertz CT molecular complexity index is 1630. The van der Waals surface area contributed by atoms with E-state index in [1.807, 2.05) is 0 Å². The van der Waals surface area contributed by atoms with Crippen LogP contribution in [0.1, 0.15) is 149 Å². The molecule has 0 aromatic carbocycles. The van der Waals surface area contributed by atoms with Crippen molar-refractivity contribution in [1.29, 1.82) is 0 Å². The van der Waals surface area contributed by atoms with Crippen molar-refractivity contribution in [3.8, 4) is 0 Å². The zero-order valence-electron chi connectivity index (χ0n) is 46.6. The molecule has 25 heteroatoms. The Hall–Kier alpha value is -2.94. The summed E-state index contributed by atoms with van der Waals surface area (Å²) in [6, 6.07) is 0. The fourth-order valence-electron chi connectivity index (χ4n) is 10.9. The van der Waals surface area contributed by atoms with E-state index in [0.717, 1.165) is 86.9 Å². The van der Waals surface area contributed by atoms with Crippen molar-refractivity contribution in [1.82, 2.24) is 0 Å². The summed E-state index contributed by atoms with van der Waals surface area (Å²) in [5.74, 6) is 9.54.